The number of halogens is 1. The Morgan fingerprint density at radius 3 is 2.71 bits per heavy atom. The number of carbonyl (C=O) groups excluding carboxylic acids is 2. The summed E-state index contributed by atoms with van der Waals surface area (Å²) in [6.07, 6.45) is 8.27. The van der Waals surface area contributed by atoms with Gasteiger partial charge in [0.15, 0.2) is 0 Å². The lowest BCUT2D eigenvalue weighted by atomic mass is 9.64. The number of benzene rings is 1. The lowest BCUT2D eigenvalue weighted by molar-refractivity contribution is -0.129. The molecule has 4 aliphatic rings. The van der Waals surface area contributed by atoms with Crippen LogP contribution < -0.4 is 0 Å². The number of likely N-dealkylation sites (tertiary alicyclic amines) is 1. The van der Waals surface area contributed by atoms with Gasteiger partial charge in [0.2, 0.25) is 5.91 Å². The predicted molar refractivity (Wildman–Crippen MR) is 103 cm³/mol. The van der Waals surface area contributed by atoms with E-state index in [1.165, 1.54) is 22.6 Å². The Morgan fingerprint density at radius 2 is 1.89 bits per heavy atom. The summed E-state index contributed by atoms with van der Waals surface area (Å²) in [5, 5.41) is 0. The predicted octanol–water partition coefficient (Wildman–Crippen LogP) is 3.01. The molecule has 4 atom stereocenters. The first kappa shape index (κ1) is 17.5. The third-order valence-corrected chi connectivity index (χ3v) is 6.57. The zero-order valence-electron chi connectivity index (χ0n) is 15.5. The van der Waals surface area contributed by atoms with Crippen LogP contribution in [0.5, 0.6) is 0 Å². The fraction of sp³-hybridized carbons (Fsp3) is 0.409. The number of hydrogen-bond donors (Lipinski definition) is 0. The van der Waals surface area contributed by atoms with Crippen LogP contribution in [-0.2, 0) is 4.79 Å². The van der Waals surface area contributed by atoms with Crippen molar-refractivity contribution < 1.29 is 14.0 Å². The standard InChI is InChI=1S/C22H22FN3O2/c23-16-7-5-14(6-8-16)18-11-15-12-25(13-19(15)18)9-10-26-21(27)17-3-1-2-4-20(17)24-22(26)28/h1-8,15,17-19H,9-13H2/t15-,17?,18-,19+/m1/s1. The largest absolute Gasteiger partial charge is 0.350 e. The third-order valence-electron chi connectivity index (χ3n) is 6.57. The van der Waals surface area contributed by atoms with Gasteiger partial charge in [-0.25, -0.2) is 9.18 Å². The molecule has 3 amide bonds. The molecular weight excluding hydrogens is 357 g/mol. The number of hydrogen-bond acceptors (Lipinski definition) is 3. The van der Waals surface area contributed by atoms with Gasteiger partial charge >= 0.3 is 6.03 Å². The summed E-state index contributed by atoms with van der Waals surface area (Å²) in [6.45, 7) is 3.02. The smallest absolute Gasteiger partial charge is 0.301 e. The van der Waals surface area contributed by atoms with Gasteiger partial charge in [0.05, 0.1) is 11.6 Å². The topological polar surface area (TPSA) is 53.0 Å². The molecule has 2 aliphatic carbocycles. The van der Waals surface area contributed by atoms with Gasteiger partial charge in [-0.2, -0.15) is 4.99 Å². The van der Waals surface area contributed by atoms with E-state index in [1.807, 2.05) is 18.2 Å². The van der Waals surface area contributed by atoms with Crippen molar-refractivity contribution in [3.63, 3.8) is 0 Å². The second-order valence-corrected chi connectivity index (χ2v) is 8.11. The summed E-state index contributed by atoms with van der Waals surface area (Å²) in [7, 11) is 0. The number of rotatable bonds is 4. The molecule has 5 nitrogen and oxygen atoms in total. The zero-order valence-corrected chi connectivity index (χ0v) is 15.5. The van der Waals surface area contributed by atoms with Crippen molar-refractivity contribution >= 4 is 17.6 Å². The Labute approximate surface area is 163 Å². The van der Waals surface area contributed by atoms with Gasteiger partial charge in [-0.3, -0.25) is 9.69 Å². The lowest BCUT2D eigenvalue weighted by Gasteiger charge is -2.40. The first-order chi connectivity index (χ1) is 13.6. The monoisotopic (exact) mass is 379 g/mol. The highest BCUT2D eigenvalue weighted by molar-refractivity contribution is 6.21. The van der Waals surface area contributed by atoms with Gasteiger partial charge in [-0.1, -0.05) is 30.4 Å². The summed E-state index contributed by atoms with van der Waals surface area (Å²) >= 11 is 0. The third kappa shape index (κ3) is 2.92. The molecule has 144 valence electrons. The summed E-state index contributed by atoms with van der Waals surface area (Å²) in [5.74, 6) is 0.910. The van der Waals surface area contributed by atoms with Gasteiger partial charge in [0.25, 0.3) is 0 Å². The van der Waals surface area contributed by atoms with Crippen molar-refractivity contribution in [3.8, 4) is 0 Å². The van der Waals surface area contributed by atoms with Crippen LogP contribution in [-0.4, -0.2) is 53.6 Å². The SMILES string of the molecule is O=C1N=C2C=CC=CC2C(=O)N1CCN1C[C@H]2C[C@H](c3ccc(F)cc3)[C@H]2C1. The Bertz CT molecular complexity index is 905. The lowest BCUT2D eigenvalue weighted by Crippen LogP contribution is -2.48. The molecule has 1 unspecified atom stereocenters. The van der Waals surface area contributed by atoms with Crippen LogP contribution >= 0.6 is 0 Å². The number of nitrogens with zero attached hydrogens (tertiary/aromatic N) is 3. The molecule has 1 saturated heterocycles. The minimum Gasteiger partial charge on any atom is -0.301 e. The molecule has 0 aromatic heterocycles. The number of urea groups is 1. The molecule has 1 aromatic rings. The number of aliphatic imine (C=N–C) groups is 1. The van der Waals surface area contributed by atoms with Gasteiger partial charge in [0, 0.05) is 26.2 Å². The first-order valence-electron chi connectivity index (χ1n) is 9.87. The Balaban J connectivity index is 1.20. The molecule has 6 heteroatoms. The molecule has 0 bridgehead atoms. The minimum absolute atomic E-state index is 0.179. The second-order valence-electron chi connectivity index (χ2n) is 8.11. The van der Waals surface area contributed by atoms with E-state index in [-0.39, 0.29) is 11.7 Å². The molecule has 28 heavy (non-hydrogen) atoms. The van der Waals surface area contributed by atoms with E-state index in [4.69, 9.17) is 0 Å². The number of imide groups is 1. The molecule has 2 heterocycles. The fourth-order valence-corrected chi connectivity index (χ4v) is 5.00. The normalized spacial score (nSPS) is 31.5. The molecule has 1 aromatic carbocycles. The van der Waals surface area contributed by atoms with E-state index in [0.29, 0.717) is 36.6 Å². The van der Waals surface area contributed by atoms with E-state index in [9.17, 15) is 14.0 Å². The maximum atomic E-state index is 13.2. The van der Waals surface area contributed by atoms with Crippen LogP contribution in [0.15, 0.2) is 53.6 Å². The van der Waals surface area contributed by atoms with Gasteiger partial charge in [-0.15, -0.1) is 0 Å². The summed E-state index contributed by atoms with van der Waals surface area (Å²) in [6, 6.07) is 6.40. The Kier molecular flexibility index (Phi) is 4.23. The van der Waals surface area contributed by atoms with Crippen LogP contribution in [0.2, 0.25) is 0 Å². The van der Waals surface area contributed by atoms with E-state index in [0.717, 1.165) is 19.5 Å². The second kappa shape index (κ2) is 6.78. The van der Waals surface area contributed by atoms with Gasteiger partial charge in [-0.05, 0) is 47.9 Å². The average Bonchev–Trinajstić information content (AvgIpc) is 2.99. The maximum absolute atomic E-state index is 13.2. The van der Waals surface area contributed by atoms with Crippen molar-refractivity contribution in [1.29, 1.82) is 0 Å². The van der Waals surface area contributed by atoms with E-state index in [1.54, 1.807) is 18.2 Å². The molecule has 5 rings (SSSR count). The van der Waals surface area contributed by atoms with Crippen molar-refractivity contribution in [2.24, 2.45) is 22.7 Å². The van der Waals surface area contributed by atoms with Crippen LogP contribution in [0.4, 0.5) is 9.18 Å². The molecule has 0 N–H and O–H groups in total. The minimum atomic E-state index is -0.456. The Morgan fingerprint density at radius 1 is 1.07 bits per heavy atom. The highest BCUT2D eigenvalue weighted by Crippen LogP contribution is 2.51. The summed E-state index contributed by atoms with van der Waals surface area (Å²) in [5.41, 5.74) is 1.75. The quantitative estimate of drug-likeness (QED) is 0.808. The highest BCUT2D eigenvalue weighted by Gasteiger charge is 2.47. The molecule has 2 fully saturated rings. The van der Waals surface area contributed by atoms with Crippen molar-refractivity contribution in [1.82, 2.24) is 9.80 Å². The molecule has 0 radical (unpaired) electrons. The van der Waals surface area contributed by atoms with Crippen LogP contribution in [0.25, 0.3) is 0 Å². The number of amides is 3. The van der Waals surface area contributed by atoms with Crippen molar-refractivity contribution in [2.45, 2.75) is 12.3 Å². The number of carbonyl (C=O) groups is 2. The highest BCUT2D eigenvalue weighted by atomic mass is 19.1. The van der Waals surface area contributed by atoms with Crippen molar-refractivity contribution in [2.75, 3.05) is 26.2 Å². The summed E-state index contributed by atoms with van der Waals surface area (Å²) in [4.78, 5) is 32.7. The molecular formula is C22H22FN3O2. The maximum Gasteiger partial charge on any atom is 0.350 e. The number of fused-ring (bicyclic) bond motifs is 2. The average molecular weight is 379 g/mol. The van der Waals surface area contributed by atoms with E-state index in [2.05, 4.69) is 9.89 Å². The molecule has 1 saturated carbocycles. The van der Waals surface area contributed by atoms with Crippen LogP contribution in [0, 0.1) is 23.6 Å². The van der Waals surface area contributed by atoms with Crippen molar-refractivity contribution in [3.05, 3.63) is 60.0 Å². The molecule has 0 spiro atoms. The number of allylic oxidation sites excluding steroid dienone is 3. The Hall–Kier alpha value is -2.60. The fourth-order valence-electron chi connectivity index (χ4n) is 5.00. The van der Waals surface area contributed by atoms with Gasteiger partial charge < -0.3 is 4.90 Å². The first-order valence-corrected chi connectivity index (χ1v) is 9.87. The van der Waals surface area contributed by atoms with Gasteiger partial charge in [0.1, 0.15) is 5.82 Å². The van der Waals surface area contributed by atoms with Crippen LogP contribution in [0.3, 0.4) is 0 Å². The van der Waals surface area contributed by atoms with Crippen LogP contribution in [0.1, 0.15) is 17.9 Å². The summed E-state index contributed by atoms with van der Waals surface area (Å²) < 4.78 is 13.2. The van der Waals surface area contributed by atoms with E-state index >= 15 is 0 Å². The zero-order chi connectivity index (χ0) is 19.3. The van der Waals surface area contributed by atoms with E-state index < -0.39 is 11.9 Å². The molecule has 2 aliphatic heterocycles.